The maximum atomic E-state index is 3.60. The highest BCUT2D eigenvalue weighted by Crippen LogP contribution is 2.43. The van der Waals surface area contributed by atoms with Crippen molar-refractivity contribution in [2.24, 2.45) is 0 Å². The number of thioether (sulfide) groups is 1. The molecule has 2 aromatic carbocycles. The minimum Gasteiger partial charge on any atom is -0.319 e. The van der Waals surface area contributed by atoms with Gasteiger partial charge in [-0.15, -0.1) is 11.8 Å². The fourth-order valence-corrected chi connectivity index (χ4v) is 4.80. The lowest BCUT2D eigenvalue weighted by Crippen LogP contribution is -2.19. The van der Waals surface area contributed by atoms with Crippen molar-refractivity contribution in [3.05, 3.63) is 64.1 Å². The van der Waals surface area contributed by atoms with Gasteiger partial charge in [0.05, 0.1) is 0 Å². The maximum Gasteiger partial charge on any atom is 0.0178 e. The molecular formula is C18H20BrNS. The predicted octanol–water partition coefficient (Wildman–Crippen LogP) is 5.03. The molecule has 0 aromatic heterocycles. The largest absolute Gasteiger partial charge is 0.319 e. The van der Waals surface area contributed by atoms with Gasteiger partial charge >= 0.3 is 0 Å². The van der Waals surface area contributed by atoms with Crippen LogP contribution in [0.4, 0.5) is 0 Å². The van der Waals surface area contributed by atoms with Gasteiger partial charge < -0.3 is 5.32 Å². The second kappa shape index (κ2) is 6.99. The molecule has 1 aliphatic heterocycles. The predicted molar refractivity (Wildman–Crippen MR) is 95.3 cm³/mol. The molecule has 0 saturated carbocycles. The summed E-state index contributed by atoms with van der Waals surface area (Å²) in [7, 11) is 2.04. The second-order valence-electron chi connectivity index (χ2n) is 5.59. The summed E-state index contributed by atoms with van der Waals surface area (Å²) in [4.78, 5) is 1.47. The zero-order chi connectivity index (χ0) is 14.7. The summed E-state index contributed by atoms with van der Waals surface area (Å²) in [6, 6.07) is 17.6. The van der Waals surface area contributed by atoms with Crippen molar-refractivity contribution in [1.82, 2.24) is 5.32 Å². The van der Waals surface area contributed by atoms with E-state index < -0.39 is 0 Å². The summed E-state index contributed by atoms with van der Waals surface area (Å²) in [5, 5.41) is 3.36. The standard InChI is InChI=1S/C18H20BrNS/c1-20-11-14(13-5-4-6-16(19)10-13)9-15-12-21-18-8-3-2-7-17(15)18/h2-8,10,14-15,20H,9,11-12H2,1H3. The Kier molecular flexibility index (Phi) is 5.04. The van der Waals surface area contributed by atoms with Crippen LogP contribution in [0.3, 0.4) is 0 Å². The topological polar surface area (TPSA) is 12.0 Å². The van der Waals surface area contributed by atoms with Gasteiger partial charge in [-0.3, -0.25) is 0 Å². The highest BCUT2D eigenvalue weighted by atomic mass is 79.9. The first-order valence-electron chi connectivity index (χ1n) is 7.39. The van der Waals surface area contributed by atoms with Crippen molar-refractivity contribution in [3.63, 3.8) is 0 Å². The summed E-state index contributed by atoms with van der Waals surface area (Å²) in [5.41, 5.74) is 2.96. The Labute approximate surface area is 139 Å². The molecule has 3 heteroatoms. The van der Waals surface area contributed by atoms with Gasteiger partial charge in [0.15, 0.2) is 0 Å². The minimum absolute atomic E-state index is 0.559. The van der Waals surface area contributed by atoms with Gasteiger partial charge in [-0.25, -0.2) is 0 Å². The van der Waals surface area contributed by atoms with Crippen molar-refractivity contribution in [3.8, 4) is 0 Å². The van der Waals surface area contributed by atoms with Crippen LogP contribution < -0.4 is 5.32 Å². The molecule has 1 N–H and O–H groups in total. The van der Waals surface area contributed by atoms with Gasteiger partial charge in [0.2, 0.25) is 0 Å². The first kappa shape index (κ1) is 15.1. The lowest BCUT2D eigenvalue weighted by Gasteiger charge is -2.21. The van der Waals surface area contributed by atoms with E-state index in [-0.39, 0.29) is 0 Å². The van der Waals surface area contributed by atoms with Crippen molar-refractivity contribution in [1.29, 1.82) is 0 Å². The molecular weight excluding hydrogens is 342 g/mol. The van der Waals surface area contributed by atoms with Crippen LogP contribution in [0.5, 0.6) is 0 Å². The van der Waals surface area contributed by atoms with Crippen LogP contribution in [0.25, 0.3) is 0 Å². The third-order valence-corrected chi connectivity index (χ3v) is 5.88. The van der Waals surface area contributed by atoms with Gasteiger partial charge in [-0.05, 0) is 54.6 Å². The molecule has 21 heavy (non-hydrogen) atoms. The molecule has 0 amide bonds. The van der Waals surface area contributed by atoms with E-state index in [2.05, 4.69) is 69.8 Å². The Bertz CT molecular complexity index is 614. The van der Waals surface area contributed by atoms with Gasteiger partial charge in [0.1, 0.15) is 0 Å². The Morgan fingerprint density at radius 2 is 2.10 bits per heavy atom. The van der Waals surface area contributed by atoms with E-state index >= 15 is 0 Å². The first-order valence-corrected chi connectivity index (χ1v) is 9.17. The van der Waals surface area contributed by atoms with Crippen LogP contribution >= 0.6 is 27.7 Å². The third-order valence-electron chi connectivity index (χ3n) is 4.14. The van der Waals surface area contributed by atoms with Crippen molar-refractivity contribution in [2.75, 3.05) is 19.3 Å². The minimum atomic E-state index is 0.559. The summed E-state index contributed by atoms with van der Waals surface area (Å²) in [6.07, 6.45) is 1.21. The third kappa shape index (κ3) is 3.53. The average Bonchev–Trinajstić information content (AvgIpc) is 2.90. The summed E-state index contributed by atoms with van der Waals surface area (Å²) < 4.78 is 1.17. The average molecular weight is 362 g/mol. The van der Waals surface area contributed by atoms with Crippen LogP contribution in [-0.4, -0.2) is 19.3 Å². The zero-order valence-electron chi connectivity index (χ0n) is 12.2. The van der Waals surface area contributed by atoms with E-state index in [9.17, 15) is 0 Å². The molecule has 2 unspecified atom stereocenters. The SMILES string of the molecule is CNCC(CC1CSc2ccccc21)c1cccc(Br)c1. The molecule has 0 fully saturated rings. The van der Waals surface area contributed by atoms with Crippen LogP contribution in [0.2, 0.25) is 0 Å². The molecule has 1 aliphatic rings. The fraction of sp³-hybridized carbons (Fsp3) is 0.333. The van der Waals surface area contributed by atoms with Crippen LogP contribution in [0.1, 0.15) is 29.4 Å². The summed E-state index contributed by atoms with van der Waals surface area (Å²) in [5.74, 6) is 2.45. The number of halogens is 1. The first-order chi connectivity index (χ1) is 10.3. The van der Waals surface area contributed by atoms with Gasteiger partial charge in [0, 0.05) is 21.7 Å². The summed E-state index contributed by atoms with van der Waals surface area (Å²) in [6.45, 7) is 1.03. The molecule has 0 radical (unpaired) electrons. The number of hydrogen-bond donors (Lipinski definition) is 1. The van der Waals surface area contributed by atoms with Gasteiger partial charge in [-0.1, -0.05) is 46.3 Å². The van der Waals surface area contributed by atoms with Crippen molar-refractivity contribution < 1.29 is 0 Å². The molecule has 0 spiro atoms. The molecule has 0 saturated heterocycles. The summed E-state index contributed by atoms with van der Waals surface area (Å²) >= 11 is 5.60. The zero-order valence-corrected chi connectivity index (χ0v) is 14.6. The fourth-order valence-electron chi connectivity index (χ4n) is 3.11. The second-order valence-corrected chi connectivity index (χ2v) is 7.57. The number of fused-ring (bicyclic) bond motifs is 1. The molecule has 3 rings (SSSR count). The van der Waals surface area contributed by atoms with Gasteiger partial charge in [-0.2, -0.15) is 0 Å². The van der Waals surface area contributed by atoms with Crippen molar-refractivity contribution in [2.45, 2.75) is 23.2 Å². The molecule has 1 nitrogen and oxygen atoms in total. The molecule has 1 heterocycles. The molecule has 2 aromatic rings. The van der Waals surface area contributed by atoms with E-state index in [0.29, 0.717) is 11.8 Å². The van der Waals surface area contributed by atoms with Crippen LogP contribution in [0, 0.1) is 0 Å². The number of likely N-dealkylation sites (N-methyl/N-ethyl adjacent to an activating group) is 1. The Hall–Kier alpha value is -0.770. The quantitative estimate of drug-likeness (QED) is 0.801. The van der Waals surface area contributed by atoms with Gasteiger partial charge in [0.25, 0.3) is 0 Å². The van der Waals surface area contributed by atoms with E-state index in [1.807, 2.05) is 18.8 Å². The number of benzene rings is 2. The van der Waals surface area contributed by atoms with Crippen LogP contribution in [0.15, 0.2) is 57.9 Å². The normalized spacial score (nSPS) is 18.5. The van der Waals surface area contributed by atoms with E-state index in [1.165, 1.54) is 27.1 Å². The monoisotopic (exact) mass is 361 g/mol. The maximum absolute atomic E-state index is 3.60. The molecule has 2 atom stereocenters. The molecule has 0 bridgehead atoms. The highest BCUT2D eigenvalue weighted by Gasteiger charge is 2.26. The van der Waals surface area contributed by atoms with E-state index in [0.717, 1.165) is 6.54 Å². The Morgan fingerprint density at radius 3 is 2.90 bits per heavy atom. The van der Waals surface area contributed by atoms with Crippen molar-refractivity contribution >= 4 is 27.7 Å². The number of rotatable bonds is 5. The van der Waals surface area contributed by atoms with E-state index in [4.69, 9.17) is 0 Å². The number of hydrogen-bond acceptors (Lipinski definition) is 2. The number of nitrogens with one attached hydrogen (secondary N) is 1. The molecule has 0 aliphatic carbocycles. The molecule has 110 valence electrons. The lowest BCUT2D eigenvalue weighted by atomic mass is 9.86. The Balaban J connectivity index is 1.80. The van der Waals surface area contributed by atoms with Crippen LogP contribution in [-0.2, 0) is 0 Å². The lowest BCUT2D eigenvalue weighted by molar-refractivity contribution is 0.538. The smallest absolute Gasteiger partial charge is 0.0178 e. The Morgan fingerprint density at radius 1 is 1.24 bits per heavy atom. The highest BCUT2D eigenvalue weighted by molar-refractivity contribution is 9.10. The van der Waals surface area contributed by atoms with E-state index in [1.54, 1.807) is 5.56 Å².